The fourth-order valence-electron chi connectivity index (χ4n) is 5.41. The predicted molar refractivity (Wildman–Crippen MR) is 102 cm³/mol. The van der Waals surface area contributed by atoms with Gasteiger partial charge in [-0.05, 0) is 84.9 Å². The number of benzene rings is 2. The largest absolute Gasteiger partial charge is 0.573 e. The molecule has 0 amide bonds. The van der Waals surface area contributed by atoms with Crippen molar-refractivity contribution in [2.24, 2.45) is 17.8 Å². The van der Waals surface area contributed by atoms with E-state index in [0.29, 0.717) is 11.3 Å². The molecule has 5 heteroatoms. The van der Waals surface area contributed by atoms with E-state index in [4.69, 9.17) is 0 Å². The predicted octanol–water partition coefficient (Wildman–Crippen LogP) is 7.59. The summed E-state index contributed by atoms with van der Waals surface area (Å²) in [6.07, 6.45) is 3.76. The maximum atomic E-state index is 14.7. The zero-order valence-electron chi connectivity index (χ0n) is 16.1. The Balaban J connectivity index is 1.54. The number of alkyl halides is 3. The Bertz CT molecular complexity index is 844. The van der Waals surface area contributed by atoms with Crippen molar-refractivity contribution in [3.63, 3.8) is 0 Å². The van der Waals surface area contributed by atoms with Gasteiger partial charge in [0.25, 0.3) is 0 Å². The third-order valence-electron chi connectivity index (χ3n) is 6.90. The minimum atomic E-state index is -4.78. The molecule has 0 aromatic heterocycles. The fraction of sp³-hybridized carbons (Fsp3) is 0.565. The van der Waals surface area contributed by atoms with Crippen LogP contribution in [-0.2, 0) is 0 Å². The van der Waals surface area contributed by atoms with Crippen LogP contribution in [0.4, 0.5) is 17.6 Å². The molecule has 0 radical (unpaired) electrons. The summed E-state index contributed by atoms with van der Waals surface area (Å²) in [5.41, 5.74) is 0.977. The Hall–Kier alpha value is -1.78. The summed E-state index contributed by atoms with van der Waals surface area (Å²) in [6, 6.07) is 7.36. The Morgan fingerprint density at radius 3 is 2.46 bits per heavy atom. The lowest BCUT2D eigenvalue weighted by Gasteiger charge is -2.42. The lowest BCUT2D eigenvalue weighted by atomic mass is 9.63. The highest BCUT2D eigenvalue weighted by Crippen LogP contribution is 2.48. The molecule has 2 saturated carbocycles. The van der Waals surface area contributed by atoms with Crippen LogP contribution in [0.15, 0.2) is 30.3 Å². The summed E-state index contributed by atoms with van der Waals surface area (Å²) < 4.78 is 55.9. The van der Waals surface area contributed by atoms with Gasteiger partial charge in [-0.3, -0.25) is 0 Å². The minimum Gasteiger partial charge on any atom is -0.406 e. The molecule has 2 fully saturated rings. The molecule has 2 aliphatic carbocycles. The molecule has 0 aliphatic heterocycles. The van der Waals surface area contributed by atoms with Crippen LogP contribution in [0.1, 0.15) is 63.4 Å². The van der Waals surface area contributed by atoms with Crippen molar-refractivity contribution in [3.8, 4) is 5.75 Å². The summed E-state index contributed by atoms with van der Waals surface area (Å²) in [5, 5.41) is 0.795. The molecule has 1 nitrogen and oxygen atoms in total. The van der Waals surface area contributed by atoms with Crippen LogP contribution in [0.3, 0.4) is 0 Å². The van der Waals surface area contributed by atoms with Gasteiger partial charge >= 0.3 is 6.36 Å². The van der Waals surface area contributed by atoms with Gasteiger partial charge in [0.2, 0.25) is 0 Å². The molecule has 2 aromatic carbocycles. The second-order valence-corrected chi connectivity index (χ2v) is 8.55. The van der Waals surface area contributed by atoms with Crippen molar-refractivity contribution in [2.45, 2.75) is 64.1 Å². The normalized spacial score (nSPS) is 28.2. The molecule has 2 aliphatic rings. The highest BCUT2D eigenvalue weighted by Gasteiger charge is 2.36. The molecule has 0 N–H and O–H groups in total. The molecule has 4 rings (SSSR count). The Kier molecular flexibility index (Phi) is 5.28. The topological polar surface area (TPSA) is 9.23 Å². The van der Waals surface area contributed by atoms with Crippen LogP contribution in [0, 0.1) is 23.6 Å². The maximum absolute atomic E-state index is 14.7. The lowest BCUT2D eigenvalue weighted by Crippen LogP contribution is -2.30. The molecule has 0 saturated heterocycles. The number of fused-ring (bicyclic) bond motifs is 2. The van der Waals surface area contributed by atoms with Gasteiger partial charge in [0.1, 0.15) is 11.6 Å². The zero-order chi connectivity index (χ0) is 19.9. The van der Waals surface area contributed by atoms with E-state index < -0.39 is 12.2 Å². The van der Waals surface area contributed by atoms with E-state index >= 15 is 0 Å². The van der Waals surface area contributed by atoms with E-state index in [1.54, 1.807) is 0 Å². The third-order valence-corrected chi connectivity index (χ3v) is 6.90. The van der Waals surface area contributed by atoms with Crippen LogP contribution in [0.25, 0.3) is 10.8 Å². The number of halogens is 4. The van der Waals surface area contributed by atoms with E-state index in [1.807, 2.05) is 6.07 Å². The smallest absolute Gasteiger partial charge is 0.406 e. The Labute approximate surface area is 163 Å². The molecule has 0 heterocycles. The van der Waals surface area contributed by atoms with E-state index in [0.717, 1.165) is 42.2 Å². The SMILES string of the molecule is CCC1CCC2CC(c3cc(F)c4cc(OC(F)(F)F)ccc4c3)CCC2C1. The highest BCUT2D eigenvalue weighted by molar-refractivity contribution is 5.85. The van der Waals surface area contributed by atoms with Crippen LogP contribution >= 0.6 is 0 Å². The standard InChI is InChI=1S/C23H26F4O/c1-2-14-3-4-16-10-17(6-5-15(16)9-14)19-11-18-7-8-20(28-23(25,26)27)13-21(18)22(24)12-19/h7-8,11-17H,2-6,9-10H2,1H3. The lowest BCUT2D eigenvalue weighted by molar-refractivity contribution is -0.274. The van der Waals surface area contributed by atoms with Gasteiger partial charge in [-0.2, -0.15) is 0 Å². The van der Waals surface area contributed by atoms with Gasteiger partial charge in [0.15, 0.2) is 0 Å². The van der Waals surface area contributed by atoms with Gasteiger partial charge in [-0.1, -0.05) is 31.9 Å². The first kappa shape index (κ1) is 19.5. The van der Waals surface area contributed by atoms with Crippen molar-refractivity contribution < 1.29 is 22.3 Å². The summed E-state index contributed by atoms with van der Waals surface area (Å²) in [6.45, 7) is 2.28. The second-order valence-electron chi connectivity index (χ2n) is 8.55. The van der Waals surface area contributed by atoms with Crippen molar-refractivity contribution in [1.29, 1.82) is 0 Å². The van der Waals surface area contributed by atoms with Crippen molar-refractivity contribution >= 4 is 10.8 Å². The maximum Gasteiger partial charge on any atom is 0.573 e. The van der Waals surface area contributed by atoms with Gasteiger partial charge < -0.3 is 4.74 Å². The van der Waals surface area contributed by atoms with Gasteiger partial charge in [0.05, 0.1) is 0 Å². The Morgan fingerprint density at radius 2 is 1.71 bits per heavy atom. The summed E-state index contributed by atoms with van der Waals surface area (Å²) in [7, 11) is 0. The van der Waals surface area contributed by atoms with E-state index in [2.05, 4.69) is 11.7 Å². The first-order valence-corrected chi connectivity index (χ1v) is 10.3. The van der Waals surface area contributed by atoms with Crippen LogP contribution < -0.4 is 4.74 Å². The Morgan fingerprint density at radius 1 is 0.964 bits per heavy atom. The molecule has 28 heavy (non-hydrogen) atoms. The quantitative estimate of drug-likeness (QED) is 0.487. The minimum absolute atomic E-state index is 0.169. The summed E-state index contributed by atoms with van der Waals surface area (Å²) in [4.78, 5) is 0. The average Bonchev–Trinajstić information content (AvgIpc) is 2.66. The number of hydrogen-bond acceptors (Lipinski definition) is 1. The molecule has 152 valence electrons. The summed E-state index contributed by atoms with van der Waals surface area (Å²) in [5.74, 6) is 1.87. The highest BCUT2D eigenvalue weighted by atomic mass is 19.4. The van der Waals surface area contributed by atoms with Crippen LogP contribution in [0.5, 0.6) is 5.75 Å². The van der Waals surface area contributed by atoms with E-state index in [-0.39, 0.29) is 11.1 Å². The monoisotopic (exact) mass is 394 g/mol. The second kappa shape index (κ2) is 7.57. The first-order chi connectivity index (χ1) is 13.3. The van der Waals surface area contributed by atoms with Crippen molar-refractivity contribution in [2.75, 3.05) is 0 Å². The molecular formula is C23H26F4O. The average molecular weight is 394 g/mol. The molecule has 4 atom stereocenters. The van der Waals surface area contributed by atoms with Crippen LogP contribution in [-0.4, -0.2) is 6.36 Å². The van der Waals surface area contributed by atoms with Crippen molar-refractivity contribution in [1.82, 2.24) is 0 Å². The van der Waals surface area contributed by atoms with Gasteiger partial charge in [-0.25, -0.2) is 4.39 Å². The molecule has 0 spiro atoms. The van der Waals surface area contributed by atoms with E-state index in [9.17, 15) is 17.6 Å². The molecule has 4 unspecified atom stereocenters. The van der Waals surface area contributed by atoms with E-state index in [1.165, 1.54) is 50.3 Å². The zero-order valence-corrected chi connectivity index (χ0v) is 16.1. The number of rotatable bonds is 3. The number of ether oxygens (including phenoxy) is 1. The fourth-order valence-corrected chi connectivity index (χ4v) is 5.41. The first-order valence-electron chi connectivity index (χ1n) is 10.3. The van der Waals surface area contributed by atoms with Crippen LogP contribution in [0.2, 0.25) is 0 Å². The number of hydrogen-bond donors (Lipinski definition) is 0. The molecular weight excluding hydrogens is 368 g/mol. The van der Waals surface area contributed by atoms with Gasteiger partial charge in [0, 0.05) is 5.39 Å². The van der Waals surface area contributed by atoms with Crippen molar-refractivity contribution in [3.05, 3.63) is 41.7 Å². The molecule has 2 aromatic rings. The van der Waals surface area contributed by atoms with Gasteiger partial charge in [-0.15, -0.1) is 13.2 Å². The molecule has 0 bridgehead atoms. The third kappa shape index (κ3) is 4.13. The summed E-state index contributed by atoms with van der Waals surface area (Å²) >= 11 is 0.